The molecule has 0 bridgehead atoms. The molecule has 0 heterocycles. The van der Waals surface area contributed by atoms with Gasteiger partial charge in [-0.25, -0.2) is 9.18 Å². The van der Waals surface area contributed by atoms with Gasteiger partial charge in [-0.2, -0.15) is 18.2 Å². The predicted octanol–water partition coefficient (Wildman–Crippen LogP) is 5.14. The van der Waals surface area contributed by atoms with Gasteiger partial charge in [-0.3, -0.25) is 0 Å². The minimum atomic E-state index is -0.669. The third kappa shape index (κ3) is 4.74. The summed E-state index contributed by atoms with van der Waals surface area (Å²) in [5.41, 5.74) is 0.964. The Bertz CT molecular complexity index is 679. The maximum atomic E-state index is 14.3. The van der Waals surface area contributed by atoms with Gasteiger partial charge in [0.15, 0.2) is 0 Å². The predicted molar refractivity (Wildman–Crippen MR) is 87.0 cm³/mol. The van der Waals surface area contributed by atoms with E-state index in [1.165, 1.54) is 18.9 Å². The molecule has 4 heteroatoms. The zero-order chi connectivity index (χ0) is 16.2. The van der Waals surface area contributed by atoms with E-state index in [4.69, 9.17) is 4.74 Å². The third-order valence-electron chi connectivity index (χ3n) is 4.60. The molecule has 0 unspecified atom stereocenters. The van der Waals surface area contributed by atoms with E-state index in [0.717, 1.165) is 24.3 Å². The van der Waals surface area contributed by atoms with Crippen LogP contribution in [0.3, 0.4) is 0 Å². The number of carbonyl (C=O) groups is 1. The molecule has 0 radical (unpaired) electrons. The first-order valence-corrected chi connectivity index (χ1v) is 8.11. The SMILES string of the molecule is CC1CCC(c2ccc(C(=O)Oc3cc[c-]cc3)c(F)c2)CC1.[Y+3]. The number of hydrogen-bond acceptors (Lipinski definition) is 2. The van der Waals surface area contributed by atoms with Gasteiger partial charge in [0.25, 0.3) is 0 Å². The average Bonchev–Trinajstić information content (AvgIpc) is 2.56. The summed E-state index contributed by atoms with van der Waals surface area (Å²) in [6.45, 7) is 2.26. The van der Waals surface area contributed by atoms with E-state index in [2.05, 4.69) is 13.0 Å². The summed E-state index contributed by atoms with van der Waals surface area (Å²) in [4.78, 5) is 12.1. The standard InChI is InChI=1S/C20H20FO2.Y/c1-14-7-9-15(10-8-14)16-11-12-18(19(21)13-16)20(22)23-17-5-3-2-4-6-17;/h3-6,11-15H,7-10H2,1H3;/q-1;+3. The van der Waals surface area contributed by atoms with Crippen molar-refractivity contribution in [2.75, 3.05) is 0 Å². The Hall–Kier alpha value is -1.06. The quantitative estimate of drug-likeness (QED) is 0.405. The largest absolute Gasteiger partial charge is 3.00 e. The van der Waals surface area contributed by atoms with Crippen LogP contribution in [0.4, 0.5) is 4.39 Å². The Morgan fingerprint density at radius 2 is 1.79 bits per heavy atom. The van der Waals surface area contributed by atoms with Crippen LogP contribution >= 0.6 is 0 Å². The van der Waals surface area contributed by atoms with E-state index in [1.54, 1.807) is 30.3 Å². The molecule has 1 saturated carbocycles. The van der Waals surface area contributed by atoms with Crippen LogP contribution in [-0.4, -0.2) is 5.97 Å². The maximum Gasteiger partial charge on any atom is 3.00 e. The molecular weight excluding hydrogens is 380 g/mol. The third-order valence-corrected chi connectivity index (χ3v) is 4.60. The van der Waals surface area contributed by atoms with E-state index in [0.29, 0.717) is 11.7 Å². The van der Waals surface area contributed by atoms with E-state index in [-0.39, 0.29) is 38.3 Å². The van der Waals surface area contributed by atoms with Crippen LogP contribution in [0.1, 0.15) is 54.4 Å². The van der Waals surface area contributed by atoms with Gasteiger partial charge in [0.2, 0.25) is 0 Å². The Morgan fingerprint density at radius 3 is 2.42 bits per heavy atom. The van der Waals surface area contributed by atoms with Crippen molar-refractivity contribution in [3.05, 3.63) is 65.5 Å². The Morgan fingerprint density at radius 1 is 1.12 bits per heavy atom. The second-order valence-corrected chi connectivity index (χ2v) is 6.32. The molecule has 0 aliphatic heterocycles. The fourth-order valence-electron chi connectivity index (χ4n) is 3.15. The summed E-state index contributed by atoms with van der Waals surface area (Å²) in [6, 6.07) is 14.3. The number of hydrogen-bond donors (Lipinski definition) is 0. The van der Waals surface area contributed by atoms with Gasteiger partial charge in [0.1, 0.15) is 5.82 Å². The molecule has 0 atom stereocenters. The molecule has 1 fully saturated rings. The molecule has 0 spiro atoms. The van der Waals surface area contributed by atoms with Gasteiger partial charge in [-0.15, -0.1) is 12.1 Å². The van der Waals surface area contributed by atoms with Crippen molar-refractivity contribution in [2.24, 2.45) is 5.92 Å². The Labute approximate surface area is 167 Å². The normalized spacial score (nSPS) is 20.1. The molecule has 3 rings (SSSR count). The van der Waals surface area contributed by atoms with Gasteiger partial charge in [0, 0.05) is 5.75 Å². The summed E-state index contributed by atoms with van der Waals surface area (Å²) < 4.78 is 19.5. The van der Waals surface area contributed by atoms with Gasteiger partial charge in [-0.1, -0.05) is 25.8 Å². The zero-order valence-electron chi connectivity index (χ0n) is 13.8. The molecule has 0 N–H and O–H groups in total. The van der Waals surface area contributed by atoms with Gasteiger partial charge in [-0.05, 0) is 42.4 Å². The molecule has 0 saturated heterocycles. The number of rotatable bonds is 3. The first kappa shape index (κ1) is 19.3. The Kier molecular flexibility index (Phi) is 7.12. The molecule has 2 aromatic rings. The zero-order valence-corrected chi connectivity index (χ0v) is 16.6. The first-order valence-electron chi connectivity index (χ1n) is 8.11. The van der Waals surface area contributed by atoms with E-state index in [9.17, 15) is 9.18 Å². The minimum absolute atomic E-state index is 0. The van der Waals surface area contributed by atoms with Crippen LogP contribution in [0.25, 0.3) is 0 Å². The van der Waals surface area contributed by atoms with Gasteiger partial charge >= 0.3 is 38.7 Å². The maximum absolute atomic E-state index is 14.3. The van der Waals surface area contributed by atoms with Gasteiger partial charge in [0.05, 0.1) is 5.56 Å². The van der Waals surface area contributed by atoms with Crippen molar-refractivity contribution in [1.82, 2.24) is 0 Å². The number of ether oxygens (including phenoxy) is 1. The Balaban J connectivity index is 0.00000208. The average molecular weight is 400 g/mol. The van der Waals surface area contributed by atoms with Crippen LogP contribution in [0.5, 0.6) is 5.75 Å². The molecule has 2 aromatic carbocycles. The molecule has 24 heavy (non-hydrogen) atoms. The van der Waals surface area contributed by atoms with E-state index < -0.39 is 11.8 Å². The number of benzene rings is 2. The summed E-state index contributed by atoms with van der Waals surface area (Å²) in [7, 11) is 0. The second-order valence-electron chi connectivity index (χ2n) is 6.32. The molecule has 1 aliphatic carbocycles. The van der Waals surface area contributed by atoms with Crippen molar-refractivity contribution in [2.45, 2.75) is 38.5 Å². The number of esters is 1. The topological polar surface area (TPSA) is 26.3 Å². The summed E-state index contributed by atoms with van der Waals surface area (Å²) in [6.07, 6.45) is 4.54. The van der Waals surface area contributed by atoms with Crippen molar-refractivity contribution in [1.29, 1.82) is 0 Å². The fraction of sp³-hybridized carbons (Fsp3) is 0.350. The molecule has 0 amide bonds. The van der Waals surface area contributed by atoms with Crippen LogP contribution < -0.4 is 4.74 Å². The summed E-state index contributed by atoms with van der Waals surface area (Å²) in [5.74, 6) is 0.369. The number of halogens is 1. The van der Waals surface area contributed by atoms with Crippen molar-refractivity contribution in [3.63, 3.8) is 0 Å². The molecule has 120 valence electrons. The first-order chi connectivity index (χ1) is 11.1. The van der Waals surface area contributed by atoms with Gasteiger partial charge < -0.3 is 4.74 Å². The molecule has 1 aliphatic rings. The molecular formula is C20H20FO2Y+2. The van der Waals surface area contributed by atoms with Crippen molar-refractivity contribution < 1.29 is 46.6 Å². The van der Waals surface area contributed by atoms with Crippen molar-refractivity contribution >= 4 is 5.97 Å². The van der Waals surface area contributed by atoms with Crippen LogP contribution in [0.15, 0.2) is 42.5 Å². The smallest absolute Gasteiger partial charge is 0.450 e. The fourth-order valence-corrected chi connectivity index (χ4v) is 3.15. The van der Waals surface area contributed by atoms with Crippen LogP contribution in [0, 0.1) is 17.8 Å². The minimum Gasteiger partial charge on any atom is -0.450 e. The monoisotopic (exact) mass is 400 g/mol. The van der Waals surface area contributed by atoms with E-state index in [1.807, 2.05) is 6.07 Å². The van der Waals surface area contributed by atoms with Crippen LogP contribution in [-0.2, 0) is 32.7 Å². The molecule has 2 nitrogen and oxygen atoms in total. The summed E-state index contributed by atoms with van der Waals surface area (Å²) >= 11 is 0. The second kappa shape index (κ2) is 8.87. The van der Waals surface area contributed by atoms with E-state index >= 15 is 0 Å². The summed E-state index contributed by atoms with van der Waals surface area (Å²) in [5, 5.41) is 0. The number of carbonyl (C=O) groups excluding carboxylic acids is 1. The van der Waals surface area contributed by atoms with Crippen LogP contribution in [0.2, 0.25) is 0 Å². The van der Waals surface area contributed by atoms with Crippen molar-refractivity contribution in [3.8, 4) is 5.75 Å². The molecule has 0 aromatic heterocycles.